The number of hydrogen-bond acceptors (Lipinski definition) is 4. The minimum atomic E-state index is 0.285. The Labute approximate surface area is 95.9 Å². The third-order valence-electron chi connectivity index (χ3n) is 2.75. The van der Waals surface area contributed by atoms with Crippen molar-refractivity contribution in [3.05, 3.63) is 24.2 Å². The maximum absolute atomic E-state index is 5.46. The first-order valence-corrected chi connectivity index (χ1v) is 5.79. The van der Waals surface area contributed by atoms with Gasteiger partial charge in [0.25, 0.3) is 0 Å². The van der Waals surface area contributed by atoms with Crippen LogP contribution in [-0.2, 0) is 15.9 Å². The first-order valence-electron chi connectivity index (χ1n) is 5.79. The first kappa shape index (κ1) is 11.6. The van der Waals surface area contributed by atoms with Crippen molar-refractivity contribution >= 4 is 0 Å². The van der Waals surface area contributed by atoms with Gasteiger partial charge in [0.15, 0.2) is 0 Å². The number of ether oxygens (including phenoxy) is 2. The molecule has 16 heavy (non-hydrogen) atoms. The Kier molecular flexibility index (Phi) is 4.39. The second kappa shape index (κ2) is 6.03. The van der Waals surface area contributed by atoms with Crippen LogP contribution in [0.1, 0.15) is 19.1 Å². The van der Waals surface area contributed by atoms with E-state index in [9.17, 15) is 0 Å². The van der Waals surface area contributed by atoms with Gasteiger partial charge in [-0.05, 0) is 25.5 Å². The van der Waals surface area contributed by atoms with Crippen molar-refractivity contribution in [2.24, 2.45) is 0 Å². The van der Waals surface area contributed by atoms with Crippen LogP contribution in [0.25, 0.3) is 0 Å². The molecule has 0 bridgehead atoms. The largest absolute Gasteiger partial charge is 0.469 e. The molecule has 4 heteroatoms. The van der Waals surface area contributed by atoms with Crippen LogP contribution < -0.4 is 5.32 Å². The van der Waals surface area contributed by atoms with E-state index in [0.717, 1.165) is 31.8 Å². The van der Waals surface area contributed by atoms with Gasteiger partial charge in [-0.25, -0.2) is 0 Å². The Morgan fingerprint density at radius 3 is 3.19 bits per heavy atom. The molecule has 2 atom stereocenters. The number of hydrogen-bond donors (Lipinski definition) is 1. The molecular formula is C12H19NO3. The van der Waals surface area contributed by atoms with Gasteiger partial charge in [-0.2, -0.15) is 0 Å². The Balaban J connectivity index is 1.65. The van der Waals surface area contributed by atoms with Gasteiger partial charge in [0.2, 0.25) is 0 Å². The Morgan fingerprint density at radius 1 is 1.56 bits per heavy atom. The first-order chi connectivity index (χ1) is 7.84. The third-order valence-corrected chi connectivity index (χ3v) is 2.75. The van der Waals surface area contributed by atoms with Gasteiger partial charge in [-0.3, -0.25) is 0 Å². The van der Waals surface area contributed by atoms with Gasteiger partial charge in [-0.1, -0.05) is 0 Å². The molecule has 0 aliphatic carbocycles. The zero-order chi connectivity index (χ0) is 11.2. The molecule has 2 rings (SSSR count). The van der Waals surface area contributed by atoms with E-state index in [1.165, 1.54) is 0 Å². The normalized spacial score (nSPS) is 23.2. The fourth-order valence-electron chi connectivity index (χ4n) is 1.80. The molecule has 0 amide bonds. The van der Waals surface area contributed by atoms with Crippen molar-refractivity contribution in [1.29, 1.82) is 0 Å². The van der Waals surface area contributed by atoms with Gasteiger partial charge in [0, 0.05) is 19.0 Å². The Hall–Kier alpha value is -0.840. The quantitative estimate of drug-likeness (QED) is 0.826. The summed E-state index contributed by atoms with van der Waals surface area (Å²) in [7, 11) is 0. The van der Waals surface area contributed by atoms with E-state index in [1.807, 2.05) is 12.1 Å². The van der Waals surface area contributed by atoms with Crippen molar-refractivity contribution < 1.29 is 13.9 Å². The molecule has 2 unspecified atom stereocenters. The predicted molar refractivity (Wildman–Crippen MR) is 60.2 cm³/mol. The van der Waals surface area contributed by atoms with Crippen molar-refractivity contribution in [1.82, 2.24) is 5.32 Å². The molecule has 0 radical (unpaired) electrons. The van der Waals surface area contributed by atoms with Crippen LogP contribution in [0.2, 0.25) is 0 Å². The second-order valence-electron chi connectivity index (χ2n) is 4.20. The van der Waals surface area contributed by atoms with Crippen LogP contribution in [0.4, 0.5) is 0 Å². The lowest BCUT2D eigenvalue weighted by Crippen LogP contribution is -2.38. The summed E-state index contributed by atoms with van der Waals surface area (Å²) in [6.07, 6.45) is 3.88. The van der Waals surface area contributed by atoms with Crippen molar-refractivity contribution in [2.75, 3.05) is 19.9 Å². The number of rotatable bonds is 5. The molecule has 1 saturated heterocycles. The molecule has 1 aromatic rings. The highest BCUT2D eigenvalue weighted by Gasteiger charge is 2.15. The molecule has 1 aromatic heterocycles. The predicted octanol–water partition coefficient (Wildman–Crippen LogP) is 1.56. The molecule has 0 spiro atoms. The zero-order valence-corrected chi connectivity index (χ0v) is 9.65. The minimum Gasteiger partial charge on any atom is -0.469 e. The van der Waals surface area contributed by atoms with Crippen LogP contribution in [0, 0.1) is 0 Å². The molecule has 1 fully saturated rings. The SMILES string of the molecule is CC(Cc1ccco1)NCC1CCOCO1. The van der Waals surface area contributed by atoms with E-state index in [-0.39, 0.29) is 6.10 Å². The van der Waals surface area contributed by atoms with Gasteiger partial charge in [0.05, 0.1) is 19.0 Å². The van der Waals surface area contributed by atoms with E-state index in [1.54, 1.807) is 6.26 Å². The van der Waals surface area contributed by atoms with Gasteiger partial charge in [0.1, 0.15) is 12.6 Å². The smallest absolute Gasteiger partial charge is 0.147 e. The average Bonchev–Trinajstić information content (AvgIpc) is 2.81. The lowest BCUT2D eigenvalue weighted by atomic mass is 10.1. The van der Waals surface area contributed by atoms with Gasteiger partial charge < -0.3 is 19.2 Å². The molecule has 0 aromatic carbocycles. The highest BCUT2D eigenvalue weighted by molar-refractivity contribution is 4.99. The molecule has 4 nitrogen and oxygen atoms in total. The topological polar surface area (TPSA) is 43.6 Å². The van der Waals surface area contributed by atoms with E-state index in [4.69, 9.17) is 13.9 Å². The summed E-state index contributed by atoms with van der Waals surface area (Å²) in [5.74, 6) is 1.02. The summed E-state index contributed by atoms with van der Waals surface area (Å²) in [6.45, 7) is 4.27. The van der Waals surface area contributed by atoms with E-state index in [0.29, 0.717) is 12.8 Å². The summed E-state index contributed by atoms with van der Waals surface area (Å²) >= 11 is 0. The van der Waals surface area contributed by atoms with Crippen LogP contribution >= 0.6 is 0 Å². The second-order valence-corrected chi connectivity index (χ2v) is 4.20. The van der Waals surface area contributed by atoms with Crippen molar-refractivity contribution in [2.45, 2.75) is 31.9 Å². The Bertz CT molecular complexity index is 280. The molecule has 1 aliphatic rings. The van der Waals surface area contributed by atoms with E-state index < -0.39 is 0 Å². The van der Waals surface area contributed by atoms with Gasteiger partial charge >= 0.3 is 0 Å². The number of furan rings is 1. The van der Waals surface area contributed by atoms with Crippen molar-refractivity contribution in [3.8, 4) is 0 Å². The molecule has 90 valence electrons. The Morgan fingerprint density at radius 2 is 2.50 bits per heavy atom. The minimum absolute atomic E-state index is 0.285. The standard InChI is InChI=1S/C12H19NO3/c1-10(7-11-3-2-5-15-11)13-8-12-4-6-14-9-16-12/h2-3,5,10,12-13H,4,6-9H2,1H3. The summed E-state index contributed by atoms with van der Waals surface area (Å²) in [5, 5.41) is 3.45. The molecule has 2 heterocycles. The average molecular weight is 225 g/mol. The monoisotopic (exact) mass is 225 g/mol. The molecule has 1 N–H and O–H groups in total. The van der Waals surface area contributed by atoms with Crippen molar-refractivity contribution in [3.63, 3.8) is 0 Å². The zero-order valence-electron chi connectivity index (χ0n) is 9.65. The highest BCUT2D eigenvalue weighted by Crippen LogP contribution is 2.07. The van der Waals surface area contributed by atoms with Crippen LogP contribution in [-0.4, -0.2) is 32.1 Å². The molecule has 1 aliphatic heterocycles. The summed E-state index contributed by atoms with van der Waals surface area (Å²) in [6, 6.07) is 4.32. The molecule has 0 saturated carbocycles. The summed E-state index contributed by atoms with van der Waals surface area (Å²) in [4.78, 5) is 0. The van der Waals surface area contributed by atoms with E-state index >= 15 is 0 Å². The maximum atomic E-state index is 5.46. The van der Waals surface area contributed by atoms with E-state index in [2.05, 4.69) is 12.2 Å². The van der Waals surface area contributed by atoms with Crippen LogP contribution in [0.15, 0.2) is 22.8 Å². The molecular weight excluding hydrogens is 206 g/mol. The fourth-order valence-corrected chi connectivity index (χ4v) is 1.80. The highest BCUT2D eigenvalue weighted by atomic mass is 16.7. The van der Waals surface area contributed by atoms with Crippen LogP contribution in [0.3, 0.4) is 0 Å². The lowest BCUT2D eigenvalue weighted by molar-refractivity contribution is -0.137. The fraction of sp³-hybridized carbons (Fsp3) is 0.667. The van der Waals surface area contributed by atoms with Gasteiger partial charge in [-0.15, -0.1) is 0 Å². The summed E-state index contributed by atoms with van der Waals surface area (Å²) < 4.78 is 15.9. The van der Waals surface area contributed by atoms with Crippen LogP contribution in [0.5, 0.6) is 0 Å². The summed E-state index contributed by atoms with van der Waals surface area (Å²) in [5.41, 5.74) is 0. The third kappa shape index (κ3) is 3.63. The number of nitrogens with one attached hydrogen (secondary N) is 1. The lowest BCUT2D eigenvalue weighted by Gasteiger charge is -2.24. The maximum Gasteiger partial charge on any atom is 0.147 e.